The maximum absolute atomic E-state index is 7.49. The van der Waals surface area contributed by atoms with Gasteiger partial charge in [0.05, 0.1) is 0 Å². The number of aryl methyl sites for hydroxylation is 4. The first kappa shape index (κ1) is 34.4. The highest BCUT2D eigenvalue weighted by atomic mass is 16.5. The van der Waals surface area contributed by atoms with E-state index in [0.29, 0.717) is 11.8 Å². The van der Waals surface area contributed by atoms with Crippen LogP contribution in [0.4, 0.5) is 0 Å². The van der Waals surface area contributed by atoms with Crippen molar-refractivity contribution in [2.75, 3.05) is 0 Å². The minimum Gasteiger partial charge on any atom is -0.461 e. The fourth-order valence-corrected chi connectivity index (χ4v) is 7.85. The summed E-state index contributed by atoms with van der Waals surface area (Å²) < 4.78 is 15.0. The number of benzene rings is 6. The van der Waals surface area contributed by atoms with E-state index < -0.39 is 16.6 Å². The van der Waals surface area contributed by atoms with Gasteiger partial charge in [0.1, 0.15) is 17.5 Å². The average Bonchev–Trinajstić information content (AvgIpc) is 3.80. The van der Waals surface area contributed by atoms with Crippen LogP contribution in [0.3, 0.4) is 0 Å². The monoisotopic (exact) mass is 694 g/mol. The maximum Gasteiger partial charge on any atom is 0.200 e. The molecule has 2 aliphatic heterocycles. The minimum atomic E-state index is -0.932. The summed E-state index contributed by atoms with van der Waals surface area (Å²) in [6, 6.07) is 55.0. The van der Waals surface area contributed by atoms with Crippen molar-refractivity contribution in [3.05, 3.63) is 213 Å². The van der Waals surface area contributed by atoms with Gasteiger partial charge in [-0.25, -0.2) is 9.98 Å². The van der Waals surface area contributed by atoms with Gasteiger partial charge >= 0.3 is 0 Å². The van der Waals surface area contributed by atoms with E-state index in [-0.39, 0.29) is 12.1 Å². The Morgan fingerprint density at radius 1 is 0.396 bits per heavy atom. The van der Waals surface area contributed by atoms with E-state index in [1.165, 1.54) is 22.3 Å². The largest absolute Gasteiger partial charge is 0.461 e. The van der Waals surface area contributed by atoms with E-state index in [9.17, 15) is 0 Å². The zero-order valence-corrected chi connectivity index (χ0v) is 31.4. The summed E-state index contributed by atoms with van der Waals surface area (Å²) in [5.41, 5.74) is 8.35. The lowest BCUT2D eigenvalue weighted by atomic mass is 9.77. The van der Waals surface area contributed by atoms with Crippen LogP contribution in [-0.2, 0) is 20.7 Å². The lowest BCUT2D eigenvalue weighted by Gasteiger charge is -2.38. The van der Waals surface area contributed by atoms with Crippen molar-refractivity contribution in [2.45, 2.75) is 64.8 Å². The third-order valence-electron chi connectivity index (χ3n) is 11.0. The summed E-state index contributed by atoms with van der Waals surface area (Å²) in [5.74, 6) is 1.17. The zero-order valence-electron chi connectivity index (χ0n) is 31.4. The van der Waals surface area contributed by atoms with Crippen LogP contribution < -0.4 is 0 Å². The molecule has 0 unspecified atom stereocenters. The van der Waals surface area contributed by atoms with Crippen molar-refractivity contribution in [3.63, 3.8) is 0 Å². The lowest BCUT2D eigenvalue weighted by Crippen LogP contribution is -2.42. The van der Waals surface area contributed by atoms with Gasteiger partial charge in [-0.3, -0.25) is 0 Å². The molecule has 0 radical (unpaired) electrons. The number of hydrogen-bond acceptors (Lipinski definition) is 4. The topological polar surface area (TPSA) is 43.2 Å². The van der Waals surface area contributed by atoms with Crippen LogP contribution in [0.25, 0.3) is 0 Å². The molecule has 0 aliphatic carbocycles. The van der Waals surface area contributed by atoms with Gasteiger partial charge in [-0.15, -0.1) is 0 Å². The molecule has 264 valence electrons. The van der Waals surface area contributed by atoms with Crippen LogP contribution >= 0.6 is 0 Å². The van der Waals surface area contributed by atoms with Crippen molar-refractivity contribution in [3.8, 4) is 0 Å². The maximum atomic E-state index is 7.49. The standard InChI is InChI=1S/C49H46N2O2/c1-33-17-25-39(26-18-33)48(40-27-19-34(2)20-28-40)43(37-13-9-7-10-14-37)50-45(52-48)47(5,6)46-51-44(38-15-11-8-12-16-38)49(53-46,41-29-21-35(3)22-30-41)42-31-23-36(4)24-32-42/h7-32,43-44H,1-6H3/t43-,44-/m1/s1. The van der Waals surface area contributed by atoms with E-state index >= 15 is 0 Å². The van der Waals surface area contributed by atoms with Gasteiger partial charge in [0.25, 0.3) is 0 Å². The predicted octanol–water partition coefficient (Wildman–Crippen LogP) is 11.5. The second kappa shape index (κ2) is 13.3. The van der Waals surface area contributed by atoms with Crippen LogP contribution in [0.15, 0.2) is 168 Å². The molecule has 0 saturated carbocycles. The van der Waals surface area contributed by atoms with E-state index in [1.54, 1.807) is 0 Å². The third-order valence-corrected chi connectivity index (χ3v) is 11.0. The first-order valence-corrected chi connectivity index (χ1v) is 18.5. The average molecular weight is 695 g/mol. The Kier molecular flexibility index (Phi) is 8.65. The lowest BCUT2D eigenvalue weighted by molar-refractivity contribution is 0.0732. The molecule has 0 N–H and O–H groups in total. The quantitative estimate of drug-likeness (QED) is 0.159. The number of rotatable bonds is 8. The fraction of sp³-hybridized carbons (Fsp3) is 0.224. The highest BCUT2D eigenvalue weighted by Crippen LogP contribution is 2.56. The first-order chi connectivity index (χ1) is 25.6. The molecular formula is C49H46N2O2. The van der Waals surface area contributed by atoms with Crippen LogP contribution in [-0.4, -0.2) is 11.8 Å². The molecule has 6 aromatic carbocycles. The van der Waals surface area contributed by atoms with Crippen LogP contribution in [0.5, 0.6) is 0 Å². The van der Waals surface area contributed by atoms with Gasteiger partial charge in [0.2, 0.25) is 11.8 Å². The number of nitrogens with zero attached hydrogens (tertiary/aromatic N) is 2. The first-order valence-electron chi connectivity index (χ1n) is 18.5. The summed E-state index contributed by atoms with van der Waals surface area (Å²) in [5, 5.41) is 0. The second-order valence-corrected chi connectivity index (χ2v) is 15.3. The van der Waals surface area contributed by atoms with E-state index in [0.717, 1.165) is 33.4 Å². The number of hydrogen-bond donors (Lipinski definition) is 0. The highest BCUT2D eigenvalue weighted by Gasteiger charge is 2.58. The van der Waals surface area contributed by atoms with Crippen LogP contribution in [0.1, 0.15) is 81.6 Å². The van der Waals surface area contributed by atoms with E-state index in [4.69, 9.17) is 19.5 Å². The van der Waals surface area contributed by atoms with Gasteiger partial charge in [-0.05, 0) is 52.7 Å². The summed E-state index contributed by atoms with van der Waals surface area (Å²) in [4.78, 5) is 11.1. The molecule has 2 heterocycles. The van der Waals surface area contributed by atoms with Crippen molar-refractivity contribution in [1.82, 2.24) is 0 Å². The Labute approximate surface area is 313 Å². The molecule has 0 bridgehead atoms. The Morgan fingerprint density at radius 3 is 0.925 bits per heavy atom. The molecule has 2 atom stereocenters. The van der Waals surface area contributed by atoms with Crippen molar-refractivity contribution >= 4 is 11.8 Å². The normalized spacial score (nSPS) is 18.8. The van der Waals surface area contributed by atoms with E-state index in [2.05, 4.69) is 187 Å². The van der Waals surface area contributed by atoms with E-state index in [1.807, 2.05) is 12.1 Å². The Balaban J connectivity index is 1.32. The molecule has 0 fully saturated rings. The predicted molar refractivity (Wildman–Crippen MR) is 215 cm³/mol. The van der Waals surface area contributed by atoms with Gasteiger partial charge < -0.3 is 9.47 Å². The van der Waals surface area contributed by atoms with Crippen molar-refractivity contribution in [2.24, 2.45) is 15.4 Å². The smallest absolute Gasteiger partial charge is 0.200 e. The van der Waals surface area contributed by atoms with Crippen LogP contribution in [0.2, 0.25) is 0 Å². The Morgan fingerprint density at radius 2 is 0.660 bits per heavy atom. The van der Waals surface area contributed by atoms with Crippen LogP contribution in [0, 0.1) is 33.1 Å². The second-order valence-electron chi connectivity index (χ2n) is 15.3. The Hall–Kier alpha value is -5.74. The minimum absolute atomic E-state index is 0.366. The van der Waals surface area contributed by atoms with Gasteiger partial charge in [-0.1, -0.05) is 180 Å². The summed E-state index contributed by atoms with van der Waals surface area (Å²) >= 11 is 0. The SMILES string of the molecule is Cc1ccc(C2(c3ccc(C)cc3)OC(C(C)(C)C3=N[C@H](c4ccccc4)C(c4ccc(C)cc4)(c4ccc(C)cc4)O3)=N[C@@H]2c2ccccc2)cc1. The summed E-state index contributed by atoms with van der Waals surface area (Å²) in [6.45, 7) is 12.7. The van der Waals surface area contributed by atoms with Gasteiger partial charge in [0, 0.05) is 22.3 Å². The molecule has 4 heteroatoms. The molecule has 0 aromatic heterocycles. The summed E-state index contributed by atoms with van der Waals surface area (Å²) in [6.07, 6.45) is 0. The molecule has 0 spiro atoms. The molecule has 0 saturated heterocycles. The molecule has 4 nitrogen and oxygen atoms in total. The number of aliphatic imine (C=N–C) groups is 2. The number of ether oxygens (including phenoxy) is 2. The summed E-state index contributed by atoms with van der Waals surface area (Å²) in [7, 11) is 0. The van der Waals surface area contributed by atoms with Crippen molar-refractivity contribution < 1.29 is 9.47 Å². The molecular weight excluding hydrogens is 649 g/mol. The zero-order chi connectivity index (χ0) is 36.8. The van der Waals surface area contributed by atoms with Gasteiger partial charge in [-0.2, -0.15) is 0 Å². The Bertz CT molecular complexity index is 2020. The molecule has 2 aliphatic rings. The fourth-order valence-electron chi connectivity index (χ4n) is 7.85. The molecule has 8 rings (SSSR count). The molecule has 53 heavy (non-hydrogen) atoms. The van der Waals surface area contributed by atoms with Gasteiger partial charge in [0.15, 0.2) is 11.2 Å². The van der Waals surface area contributed by atoms with Crippen molar-refractivity contribution in [1.29, 1.82) is 0 Å². The molecule has 0 amide bonds. The third kappa shape index (κ3) is 5.87. The molecule has 6 aromatic rings. The highest BCUT2D eigenvalue weighted by molar-refractivity contribution is 6.06.